The Hall–Kier alpha value is -2.02. The normalized spacial score (nSPS) is 16.5. The molecule has 1 aliphatic heterocycles. The molecule has 0 radical (unpaired) electrons. The number of aryl methyl sites for hydroxylation is 1. The molecule has 100 valence electrons. The minimum Gasteiger partial charge on any atom is -0.475 e. The quantitative estimate of drug-likeness (QED) is 0.783. The van der Waals surface area contributed by atoms with E-state index in [0.29, 0.717) is 24.3 Å². The molecule has 1 amide bonds. The van der Waals surface area contributed by atoms with Crippen molar-refractivity contribution in [2.75, 3.05) is 11.4 Å². The van der Waals surface area contributed by atoms with Gasteiger partial charge < -0.3 is 4.74 Å². The number of carbonyl (C=O) groups excluding carboxylic acids is 1. The Bertz CT molecular complexity index is 542. The molecule has 0 bridgehead atoms. The maximum atomic E-state index is 12.6. The van der Waals surface area contributed by atoms with Crippen molar-refractivity contribution in [3.05, 3.63) is 23.8 Å². The van der Waals surface area contributed by atoms with E-state index >= 15 is 0 Å². The lowest BCUT2D eigenvalue weighted by atomic mass is 9.92. The number of anilines is 1. The summed E-state index contributed by atoms with van der Waals surface area (Å²) in [5, 5.41) is 8.96. The van der Waals surface area contributed by atoms with Gasteiger partial charge in [-0.3, -0.25) is 9.69 Å². The molecule has 1 aromatic rings. The smallest absolute Gasteiger partial charge is 0.272 e. The largest absolute Gasteiger partial charge is 0.475 e. The van der Waals surface area contributed by atoms with Crippen molar-refractivity contribution in [2.45, 2.75) is 39.2 Å². The highest BCUT2D eigenvalue weighted by molar-refractivity contribution is 6.03. The molecule has 19 heavy (non-hydrogen) atoms. The van der Waals surface area contributed by atoms with E-state index in [1.807, 2.05) is 39.0 Å². The Balaban J connectivity index is 2.56. The van der Waals surface area contributed by atoms with E-state index in [1.165, 1.54) is 0 Å². The number of benzene rings is 1. The highest BCUT2D eigenvalue weighted by atomic mass is 16.5. The summed E-state index contributed by atoms with van der Waals surface area (Å²) < 4.78 is 5.96. The fourth-order valence-corrected chi connectivity index (χ4v) is 2.46. The minimum atomic E-state index is -0.834. The molecule has 0 aliphatic carbocycles. The van der Waals surface area contributed by atoms with Crippen molar-refractivity contribution >= 4 is 11.6 Å². The van der Waals surface area contributed by atoms with Gasteiger partial charge in [-0.15, -0.1) is 0 Å². The van der Waals surface area contributed by atoms with Crippen LogP contribution in [-0.2, 0) is 4.79 Å². The van der Waals surface area contributed by atoms with Gasteiger partial charge in [0.1, 0.15) is 12.3 Å². The summed E-state index contributed by atoms with van der Waals surface area (Å²) in [7, 11) is 0. The lowest BCUT2D eigenvalue weighted by molar-refractivity contribution is -0.136. The van der Waals surface area contributed by atoms with Gasteiger partial charge >= 0.3 is 0 Å². The van der Waals surface area contributed by atoms with E-state index in [0.717, 1.165) is 5.56 Å². The van der Waals surface area contributed by atoms with Crippen LogP contribution in [-0.4, -0.2) is 18.1 Å². The number of rotatable bonds is 3. The monoisotopic (exact) mass is 258 g/mol. The van der Waals surface area contributed by atoms with Gasteiger partial charge in [-0.2, -0.15) is 5.26 Å². The first-order valence-corrected chi connectivity index (χ1v) is 6.56. The van der Waals surface area contributed by atoms with Crippen molar-refractivity contribution in [1.82, 2.24) is 0 Å². The molecular formula is C15H18N2O2. The predicted molar refractivity (Wildman–Crippen MR) is 73.1 cm³/mol. The molecule has 0 fully saturated rings. The fourth-order valence-electron chi connectivity index (χ4n) is 2.46. The summed E-state index contributed by atoms with van der Waals surface area (Å²) in [6.07, 6.45) is 1.19. The first-order chi connectivity index (χ1) is 9.07. The standard InChI is InChI=1S/C15H18N2O2/c1-4-15(5-2)14(18)17(9-8-16)12-10-11(3)6-7-13(12)19-15/h6-7,10H,4-5,9H2,1-3H3. The first kappa shape index (κ1) is 13.4. The van der Waals surface area contributed by atoms with Crippen LogP contribution >= 0.6 is 0 Å². The second kappa shape index (κ2) is 4.93. The van der Waals surface area contributed by atoms with E-state index in [2.05, 4.69) is 6.07 Å². The first-order valence-electron chi connectivity index (χ1n) is 6.56. The van der Waals surface area contributed by atoms with Crippen LogP contribution in [0.2, 0.25) is 0 Å². The average Bonchev–Trinajstić information content (AvgIpc) is 2.42. The second-order valence-corrected chi connectivity index (χ2v) is 4.82. The Morgan fingerprint density at radius 2 is 2.05 bits per heavy atom. The third-order valence-corrected chi connectivity index (χ3v) is 3.72. The molecular weight excluding hydrogens is 240 g/mol. The number of fused-ring (bicyclic) bond motifs is 1. The van der Waals surface area contributed by atoms with Crippen LogP contribution in [0.4, 0.5) is 5.69 Å². The molecule has 0 spiro atoms. The highest BCUT2D eigenvalue weighted by Crippen LogP contribution is 2.40. The number of amides is 1. The second-order valence-electron chi connectivity index (χ2n) is 4.82. The van der Waals surface area contributed by atoms with Crippen LogP contribution in [0.5, 0.6) is 5.75 Å². The topological polar surface area (TPSA) is 53.3 Å². The maximum Gasteiger partial charge on any atom is 0.272 e. The minimum absolute atomic E-state index is 0.0559. The molecule has 2 rings (SSSR count). The SMILES string of the molecule is CCC1(CC)Oc2ccc(C)cc2N(CC#N)C1=O. The molecule has 0 saturated carbocycles. The summed E-state index contributed by atoms with van der Waals surface area (Å²) in [4.78, 5) is 14.2. The lowest BCUT2D eigenvalue weighted by Crippen LogP contribution is -2.55. The van der Waals surface area contributed by atoms with Crippen molar-refractivity contribution in [2.24, 2.45) is 0 Å². The Kier molecular flexibility index (Phi) is 3.48. The van der Waals surface area contributed by atoms with E-state index in [9.17, 15) is 4.79 Å². The molecule has 0 N–H and O–H groups in total. The summed E-state index contributed by atoms with van der Waals surface area (Å²) in [6.45, 7) is 5.88. The predicted octanol–water partition coefficient (Wildman–Crippen LogP) is 2.80. The van der Waals surface area contributed by atoms with Gasteiger partial charge in [0, 0.05) is 0 Å². The number of ether oxygens (including phenoxy) is 1. The van der Waals surface area contributed by atoms with E-state index in [4.69, 9.17) is 10.00 Å². The van der Waals surface area contributed by atoms with E-state index in [-0.39, 0.29) is 12.5 Å². The zero-order valence-electron chi connectivity index (χ0n) is 11.6. The molecule has 0 aromatic heterocycles. The highest BCUT2D eigenvalue weighted by Gasteiger charge is 2.45. The van der Waals surface area contributed by atoms with Gasteiger partial charge in [-0.05, 0) is 37.5 Å². The Morgan fingerprint density at radius 1 is 1.37 bits per heavy atom. The lowest BCUT2D eigenvalue weighted by Gasteiger charge is -2.41. The van der Waals surface area contributed by atoms with Crippen LogP contribution in [0, 0.1) is 18.3 Å². The van der Waals surface area contributed by atoms with E-state index < -0.39 is 5.60 Å². The third kappa shape index (κ3) is 2.06. The van der Waals surface area contributed by atoms with Gasteiger partial charge in [0.25, 0.3) is 5.91 Å². The van der Waals surface area contributed by atoms with Gasteiger partial charge in [-0.25, -0.2) is 0 Å². The molecule has 0 saturated heterocycles. The summed E-state index contributed by atoms with van der Waals surface area (Å²) in [5.41, 5.74) is 0.904. The van der Waals surface area contributed by atoms with Gasteiger partial charge in [0.2, 0.25) is 0 Å². The van der Waals surface area contributed by atoms with Gasteiger partial charge in [0.05, 0.1) is 11.8 Å². The zero-order chi connectivity index (χ0) is 14.0. The van der Waals surface area contributed by atoms with Crippen LogP contribution < -0.4 is 9.64 Å². The van der Waals surface area contributed by atoms with Crippen molar-refractivity contribution in [3.63, 3.8) is 0 Å². The molecule has 0 atom stereocenters. The maximum absolute atomic E-state index is 12.6. The zero-order valence-corrected chi connectivity index (χ0v) is 11.6. The van der Waals surface area contributed by atoms with Crippen LogP contribution in [0.25, 0.3) is 0 Å². The molecule has 0 unspecified atom stereocenters. The summed E-state index contributed by atoms with van der Waals surface area (Å²) >= 11 is 0. The summed E-state index contributed by atoms with van der Waals surface area (Å²) in [6, 6.07) is 7.78. The molecule has 4 nitrogen and oxygen atoms in total. The molecule has 1 aliphatic rings. The number of nitrogens with zero attached hydrogens (tertiary/aromatic N) is 2. The molecule has 1 aromatic carbocycles. The molecule has 4 heteroatoms. The van der Waals surface area contributed by atoms with Crippen LogP contribution in [0.3, 0.4) is 0 Å². The summed E-state index contributed by atoms with van der Waals surface area (Å²) in [5.74, 6) is 0.571. The van der Waals surface area contributed by atoms with Crippen molar-refractivity contribution in [3.8, 4) is 11.8 Å². The van der Waals surface area contributed by atoms with Crippen molar-refractivity contribution < 1.29 is 9.53 Å². The van der Waals surface area contributed by atoms with Crippen LogP contribution in [0.1, 0.15) is 32.3 Å². The van der Waals surface area contributed by atoms with Crippen LogP contribution in [0.15, 0.2) is 18.2 Å². The number of carbonyl (C=O) groups is 1. The fraction of sp³-hybridized carbons (Fsp3) is 0.467. The molecule has 1 heterocycles. The third-order valence-electron chi connectivity index (χ3n) is 3.72. The number of nitriles is 1. The Morgan fingerprint density at radius 3 is 2.63 bits per heavy atom. The van der Waals surface area contributed by atoms with Crippen molar-refractivity contribution in [1.29, 1.82) is 5.26 Å². The average molecular weight is 258 g/mol. The van der Waals surface area contributed by atoms with E-state index in [1.54, 1.807) is 4.90 Å². The van der Waals surface area contributed by atoms with Gasteiger partial charge in [0.15, 0.2) is 5.60 Å². The number of hydrogen-bond acceptors (Lipinski definition) is 3. The Labute approximate surface area is 113 Å². The number of hydrogen-bond donors (Lipinski definition) is 0. The van der Waals surface area contributed by atoms with Gasteiger partial charge in [-0.1, -0.05) is 19.9 Å².